The molecule has 4 heterocycles. The van der Waals surface area contributed by atoms with E-state index in [0.717, 1.165) is 5.56 Å². The van der Waals surface area contributed by atoms with Crippen LogP contribution in [0.2, 0.25) is 0 Å². The van der Waals surface area contributed by atoms with Gasteiger partial charge in [-0.2, -0.15) is 23.3 Å². The lowest BCUT2D eigenvalue weighted by Gasteiger charge is -2.36. The number of aromatic nitrogens is 6. The van der Waals surface area contributed by atoms with Gasteiger partial charge < -0.3 is 20.1 Å². The number of hydrogen-bond donors (Lipinski definition) is 2. The number of rotatable bonds is 9. The summed E-state index contributed by atoms with van der Waals surface area (Å²) in [6.45, 7) is -0.478. The number of nitrogens with zero attached hydrogens (tertiary/aromatic N) is 7. The van der Waals surface area contributed by atoms with Crippen molar-refractivity contribution in [2.45, 2.75) is 56.5 Å². The molecule has 0 unspecified atom stereocenters. The van der Waals surface area contributed by atoms with Crippen molar-refractivity contribution in [2.24, 2.45) is 7.05 Å². The zero-order valence-corrected chi connectivity index (χ0v) is 22.4. The summed E-state index contributed by atoms with van der Waals surface area (Å²) >= 11 is 0. The van der Waals surface area contributed by atoms with Crippen molar-refractivity contribution < 1.29 is 36.2 Å². The van der Waals surface area contributed by atoms with Gasteiger partial charge in [0.2, 0.25) is 11.8 Å². The predicted octanol–water partition coefficient (Wildman–Crippen LogP) is 3.67. The van der Waals surface area contributed by atoms with Gasteiger partial charge in [0, 0.05) is 37.1 Å². The van der Waals surface area contributed by atoms with Crippen LogP contribution in [-0.4, -0.2) is 80.1 Å². The fourth-order valence-corrected chi connectivity index (χ4v) is 4.68. The van der Waals surface area contributed by atoms with E-state index in [4.69, 9.17) is 9.47 Å². The highest BCUT2D eigenvalue weighted by Gasteiger charge is 2.38. The zero-order valence-electron chi connectivity index (χ0n) is 22.4. The summed E-state index contributed by atoms with van der Waals surface area (Å²) in [4.78, 5) is 30.9. The minimum atomic E-state index is -4.69. The van der Waals surface area contributed by atoms with Gasteiger partial charge in [-0.1, -0.05) is 0 Å². The van der Waals surface area contributed by atoms with Gasteiger partial charge in [-0.3, -0.25) is 14.6 Å². The number of carbonyl (C=O) groups excluding carboxylic acids is 1. The summed E-state index contributed by atoms with van der Waals surface area (Å²) in [6, 6.07) is -1.35. The second kappa shape index (κ2) is 12.4. The normalized spacial score (nSPS) is 19.3. The molecule has 1 aliphatic heterocycles. The lowest BCUT2D eigenvalue weighted by Crippen LogP contribution is -2.50. The predicted molar refractivity (Wildman–Crippen MR) is 138 cm³/mol. The van der Waals surface area contributed by atoms with Crippen LogP contribution in [0.25, 0.3) is 11.3 Å². The Balaban J connectivity index is 1.27. The fraction of sp³-hybridized carbons (Fsp3) is 0.520. The standard InChI is InChI=1S/C25H28F5N9O3/c1-38-11-14(6-35-38)19-8-32-21(10-31-19)39(24(40)34-9-20(26)27)16-4-2-15(3-5-16)36-23-33-7-18(25(28,29)30)22(37-23)42-17-12-41-13-17/h6-8,10-11,15-17,20H,2-5,9,12-13H2,1H3,(H,34,40)(H,33,36,37). The Kier molecular flexibility index (Phi) is 8.65. The van der Waals surface area contributed by atoms with E-state index in [1.165, 1.54) is 17.3 Å². The van der Waals surface area contributed by atoms with Crippen LogP contribution < -0.4 is 20.3 Å². The highest BCUT2D eigenvalue weighted by atomic mass is 19.4. The van der Waals surface area contributed by atoms with Crippen molar-refractivity contribution in [2.75, 3.05) is 30.0 Å². The number of anilines is 2. The Bertz CT molecular complexity index is 1360. The maximum Gasteiger partial charge on any atom is 0.423 e. The number of carbonyl (C=O) groups is 1. The summed E-state index contributed by atoms with van der Waals surface area (Å²) in [6.07, 6.45) is 0.835. The third-order valence-corrected chi connectivity index (χ3v) is 6.85. The van der Waals surface area contributed by atoms with Crippen LogP contribution >= 0.6 is 0 Å². The number of urea groups is 1. The quantitative estimate of drug-likeness (QED) is 0.355. The second-order valence-corrected chi connectivity index (χ2v) is 9.95. The Morgan fingerprint density at radius 3 is 2.45 bits per heavy atom. The van der Waals surface area contributed by atoms with E-state index in [-0.39, 0.29) is 31.0 Å². The number of aryl methyl sites for hydroxylation is 1. The van der Waals surface area contributed by atoms with Crippen molar-refractivity contribution in [1.82, 2.24) is 35.0 Å². The lowest BCUT2D eigenvalue weighted by atomic mass is 9.90. The van der Waals surface area contributed by atoms with Gasteiger partial charge >= 0.3 is 12.2 Å². The van der Waals surface area contributed by atoms with Crippen LogP contribution in [0.1, 0.15) is 31.2 Å². The van der Waals surface area contributed by atoms with E-state index in [9.17, 15) is 26.7 Å². The third kappa shape index (κ3) is 7.00. The molecule has 0 spiro atoms. The van der Waals surface area contributed by atoms with Gasteiger partial charge in [-0.05, 0) is 25.7 Å². The number of hydrogen-bond acceptors (Lipinski definition) is 9. The van der Waals surface area contributed by atoms with Crippen molar-refractivity contribution in [1.29, 1.82) is 0 Å². The molecule has 2 fully saturated rings. The molecule has 0 atom stereocenters. The highest BCUT2D eigenvalue weighted by molar-refractivity contribution is 5.91. The maximum atomic E-state index is 13.4. The second-order valence-electron chi connectivity index (χ2n) is 9.95. The fourth-order valence-electron chi connectivity index (χ4n) is 4.68. The first-order valence-electron chi connectivity index (χ1n) is 13.2. The molecule has 0 radical (unpaired) electrons. The molecule has 0 aromatic carbocycles. The smallest absolute Gasteiger partial charge is 0.423 e. The van der Waals surface area contributed by atoms with E-state index in [2.05, 4.69) is 35.7 Å². The van der Waals surface area contributed by atoms with Crippen LogP contribution in [0.5, 0.6) is 5.88 Å². The molecular formula is C25H28F5N9O3. The van der Waals surface area contributed by atoms with Gasteiger partial charge in [0.15, 0.2) is 5.82 Å². The van der Waals surface area contributed by atoms with Crippen LogP contribution in [0.15, 0.2) is 31.0 Å². The summed E-state index contributed by atoms with van der Waals surface area (Å²) < 4.78 is 78.0. The SMILES string of the molecule is Cn1cc(-c2cnc(N(C(=O)NCC(F)F)C3CCC(Nc4ncc(C(F)(F)F)c(OC5COC5)n4)CC3)cn2)cn1. The molecule has 3 aromatic rings. The summed E-state index contributed by atoms with van der Waals surface area (Å²) in [7, 11) is 1.76. The first-order valence-corrected chi connectivity index (χ1v) is 13.2. The lowest BCUT2D eigenvalue weighted by molar-refractivity contribution is -0.142. The Hall–Kier alpha value is -4.15. The van der Waals surface area contributed by atoms with Gasteiger partial charge in [-0.15, -0.1) is 0 Å². The van der Waals surface area contributed by atoms with Gasteiger partial charge in [0.1, 0.15) is 11.7 Å². The molecule has 2 aliphatic rings. The Labute approximate surface area is 236 Å². The third-order valence-electron chi connectivity index (χ3n) is 6.85. The molecule has 0 bridgehead atoms. The van der Waals surface area contributed by atoms with Crippen molar-refractivity contribution in [3.8, 4) is 17.1 Å². The molecule has 2 N–H and O–H groups in total. The number of halogens is 5. The molecule has 2 amide bonds. The monoisotopic (exact) mass is 597 g/mol. The average Bonchev–Trinajstić information content (AvgIpc) is 3.37. The van der Waals surface area contributed by atoms with Crippen molar-refractivity contribution in [3.05, 3.63) is 36.5 Å². The van der Waals surface area contributed by atoms with Crippen LogP contribution in [0.4, 0.5) is 38.5 Å². The molecule has 3 aromatic heterocycles. The van der Waals surface area contributed by atoms with Gasteiger partial charge in [0.05, 0.1) is 44.0 Å². The molecular weight excluding hydrogens is 569 g/mol. The topological polar surface area (TPSA) is 132 Å². The first-order chi connectivity index (χ1) is 20.1. The first kappa shape index (κ1) is 29.3. The molecule has 226 valence electrons. The van der Waals surface area contributed by atoms with E-state index in [1.807, 2.05) is 0 Å². The van der Waals surface area contributed by atoms with E-state index in [0.29, 0.717) is 37.6 Å². The Morgan fingerprint density at radius 1 is 1.12 bits per heavy atom. The van der Waals surface area contributed by atoms with Gasteiger partial charge in [0.25, 0.3) is 6.43 Å². The average molecular weight is 598 g/mol. The van der Waals surface area contributed by atoms with Crippen LogP contribution in [0.3, 0.4) is 0 Å². The highest BCUT2D eigenvalue weighted by Crippen LogP contribution is 2.36. The largest absolute Gasteiger partial charge is 0.469 e. The summed E-state index contributed by atoms with van der Waals surface area (Å²) in [5.74, 6) is -0.402. The molecule has 1 saturated carbocycles. The minimum Gasteiger partial charge on any atom is -0.469 e. The van der Waals surface area contributed by atoms with Crippen LogP contribution in [-0.2, 0) is 18.0 Å². The van der Waals surface area contributed by atoms with Gasteiger partial charge in [-0.25, -0.2) is 23.5 Å². The van der Waals surface area contributed by atoms with E-state index >= 15 is 0 Å². The number of ether oxygens (including phenoxy) is 2. The Morgan fingerprint density at radius 2 is 1.88 bits per heavy atom. The number of amides is 2. The minimum absolute atomic E-state index is 0.0231. The van der Waals surface area contributed by atoms with E-state index in [1.54, 1.807) is 24.1 Å². The zero-order chi connectivity index (χ0) is 29.9. The number of alkyl halides is 5. The molecule has 5 rings (SSSR count). The summed E-state index contributed by atoms with van der Waals surface area (Å²) in [5.41, 5.74) is 0.166. The molecule has 1 aliphatic carbocycles. The molecule has 12 nitrogen and oxygen atoms in total. The summed E-state index contributed by atoms with van der Waals surface area (Å²) in [5, 5.41) is 9.38. The molecule has 1 saturated heterocycles. The molecule has 42 heavy (non-hydrogen) atoms. The van der Waals surface area contributed by atoms with Crippen molar-refractivity contribution >= 4 is 17.8 Å². The number of nitrogens with one attached hydrogen (secondary N) is 2. The maximum absolute atomic E-state index is 13.4. The van der Waals surface area contributed by atoms with E-state index < -0.39 is 48.8 Å². The van der Waals surface area contributed by atoms with Crippen LogP contribution in [0, 0.1) is 0 Å². The van der Waals surface area contributed by atoms with Crippen molar-refractivity contribution in [3.63, 3.8) is 0 Å². The molecule has 17 heteroatoms.